The molecule has 3 aromatic heterocycles. The van der Waals surface area contributed by atoms with Gasteiger partial charge in [-0.25, -0.2) is 13.9 Å². The fourth-order valence-corrected chi connectivity index (χ4v) is 4.67. The molecule has 0 N–H and O–H groups in total. The van der Waals surface area contributed by atoms with Gasteiger partial charge in [-0.2, -0.15) is 0 Å². The monoisotopic (exact) mass is 396 g/mol. The lowest BCUT2D eigenvalue weighted by Crippen LogP contribution is -2.29. The van der Waals surface area contributed by atoms with Crippen molar-refractivity contribution in [3.63, 3.8) is 0 Å². The molecule has 0 saturated carbocycles. The van der Waals surface area contributed by atoms with Crippen molar-refractivity contribution in [2.45, 2.75) is 39.0 Å². The van der Waals surface area contributed by atoms with Gasteiger partial charge in [0.15, 0.2) is 0 Å². The minimum absolute atomic E-state index is 0.0180. The number of nitrogens with zero attached hydrogens (tertiary/aromatic N) is 4. The number of thiophene rings is 1. The molecule has 4 heterocycles. The Labute approximate surface area is 164 Å². The predicted octanol–water partition coefficient (Wildman–Crippen LogP) is 2.41. The Morgan fingerprint density at radius 2 is 2.11 bits per heavy atom. The molecule has 1 fully saturated rings. The zero-order chi connectivity index (χ0) is 19.3. The highest BCUT2D eigenvalue weighted by Gasteiger charge is 2.23. The van der Waals surface area contributed by atoms with E-state index in [4.69, 9.17) is 4.74 Å². The van der Waals surface area contributed by atoms with Gasteiger partial charge >= 0.3 is 5.69 Å². The van der Waals surface area contributed by atoms with Gasteiger partial charge in [-0.3, -0.25) is 9.36 Å². The molecule has 7 nitrogen and oxygen atoms in total. The van der Waals surface area contributed by atoms with Crippen molar-refractivity contribution in [1.29, 1.82) is 0 Å². The van der Waals surface area contributed by atoms with Crippen molar-refractivity contribution in [2.75, 3.05) is 6.61 Å². The predicted molar refractivity (Wildman–Crippen MR) is 108 cm³/mol. The number of hydrogen-bond acceptors (Lipinski definition) is 5. The number of ether oxygens (including phenoxy) is 1. The Balaban J connectivity index is 1.72. The summed E-state index contributed by atoms with van der Waals surface area (Å²) in [6, 6.07) is 9.74. The Morgan fingerprint density at radius 1 is 1.25 bits per heavy atom. The van der Waals surface area contributed by atoms with E-state index in [1.54, 1.807) is 8.97 Å². The van der Waals surface area contributed by atoms with Crippen molar-refractivity contribution >= 4 is 27.3 Å². The molecule has 1 saturated heterocycles. The van der Waals surface area contributed by atoms with Gasteiger partial charge in [0.05, 0.1) is 24.7 Å². The first-order valence-electron chi connectivity index (χ1n) is 9.39. The number of hydrogen-bond donors (Lipinski definition) is 0. The molecule has 0 unspecified atom stereocenters. The van der Waals surface area contributed by atoms with Crippen LogP contribution < -0.4 is 11.2 Å². The molecule has 1 aromatic carbocycles. The van der Waals surface area contributed by atoms with Crippen LogP contribution in [0.15, 0.2) is 45.3 Å². The van der Waals surface area contributed by atoms with E-state index in [-0.39, 0.29) is 17.4 Å². The second-order valence-electron chi connectivity index (χ2n) is 7.19. The van der Waals surface area contributed by atoms with Gasteiger partial charge in [-0.05, 0) is 42.3 Å². The molecule has 5 rings (SSSR count). The summed E-state index contributed by atoms with van der Waals surface area (Å²) < 4.78 is 10.9. The summed E-state index contributed by atoms with van der Waals surface area (Å²) in [4.78, 5) is 26.3. The number of rotatable bonds is 4. The van der Waals surface area contributed by atoms with E-state index in [1.807, 2.05) is 42.6 Å². The van der Waals surface area contributed by atoms with E-state index in [9.17, 15) is 9.59 Å². The topological polar surface area (TPSA) is 70.5 Å². The Morgan fingerprint density at radius 3 is 2.89 bits per heavy atom. The molecule has 8 heteroatoms. The number of fused-ring (bicyclic) bond motifs is 3. The molecule has 1 aliphatic rings. The van der Waals surface area contributed by atoms with E-state index in [2.05, 4.69) is 5.10 Å². The first kappa shape index (κ1) is 17.4. The van der Waals surface area contributed by atoms with Gasteiger partial charge < -0.3 is 4.74 Å². The van der Waals surface area contributed by atoms with E-state index < -0.39 is 0 Å². The molecular weight excluding hydrogens is 376 g/mol. The van der Waals surface area contributed by atoms with Crippen LogP contribution >= 0.6 is 11.3 Å². The quantitative estimate of drug-likeness (QED) is 0.531. The molecule has 28 heavy (non-hydrogen) atoms. The van der Waals surface area contributed by atoms with Gasteiger partial charge in [-0.1, -0.05) is 24.3 Å². The zero-order valence-corrected chi connectivity index (χ0v) is 16.3. The summed E-state index contributed by atoms with van der Waals surface area (Å²) >= 11 is 1.35. The summed E-state index contributed by atoms with van der Waals surface area (Å²) in [6.07, 6.45) is 1.89. The lowest BCUT2D eigenvalue weighted by atomic mass is 10.1. The molecule has 1 aliphatic heterocycles. The summed E-state index contributed by atoms with van der Waals surface area (Å²) in [7, 11) is 0. The lowest BCUT2D eigenvalue weighted by molar-refractivity contribution is 0.0969. The highest BCUT2D eigenvalue weighted by atomic mass is 32.1. The third kappa shape index (κ3) is 2.71. The van der Waals surface area contributed by atoms with Gasteiger partial charge in [-0.15, -0.1) is 16.4 Å². The fraction of sp³-hybridized carbons (Fsp3) is 0.350. The number of benzene rings is 1. The van der Waals surface area contributed by atoms with Crippen LogP contribution in [-0.2, 0) is 17.8 Å². The highest BCUT2D eigenvalue weighted by molar-refractivity contribution is 7.17. The van der Waals surface area contributed by atoms with Gasteiger partial charge in [0.25, 0.3) is 5.56 Å². The van der Waals surface area contributed by atoms with Crippen molar-refractivity contribution in [1.82, 2.24) is 18.7 Å². The SMILES string of the molecule is Cc1ccccc1Cn1nc2n(C[C@H]3CCCO3)c(=O)c3sccc3n2c1=O. The molecule has 0 amide bonds. The van der Waals surface area contributed by atoms with Gasteiger partial charge in [0.2, 0.25) is 5.78 Å². The van der Waals surface area contributed by atoms with Crippen LogP contribution in [0.5, 0.6) is 0 Å². The van der Waals surface area contributed by atoms with E-state index >= 15 is 0 Å². The zero-order valence-electron chi connectivity index (χ0n) is 15.5. The molecule has 4 aromatic rings. The lowest BCUT2D eigenvalue weighted by Gasteiger charge is -2.12. The summed E-state index contributed by atoms with van der Waals surface area (Å²) in [5.74, 6) is 0.380. The third-order valence-electron chi connectivity index (χ3n) is 5.38. The molecule has 0 aliphatic carbocycles. The molecule has 1 atom stereocenters. The fourth-order valence-electron chi connectivity index (χ4n) is 3.84. The first-order valence-corrected chi connectivity index (χ1v) is 10.3. The Bertz CT molecular complexity index is 1290. The maximum Gasteiger partial charge on any atom is 0.352 e. The molecule has 144 valence electrons. The van der Waals surface area contributed by atoms with Crippen LogP contribution in [0.2, 0.25) is 0 Å². The van der Waals surface area contributed by atoms with Crippen LogP contribution in [0.3, 0.4) is 0 Å². The van der Waals surface area contributed by atoms with Crippen molar-refractivity contribution in [2.24, 2.45) is 0 Å². The van der Waals surface area contributed by atoms with Crippen LogP contribution in [-0.4, -0.2) is 31.5 Å². The normalized spacial score (nSPS) is 17.1. The molecule has 0 radical (unpaired) electrons. The Hall–Kier alpha value is -2.71. The average Bonchev–Trinajstić information content (AvgIpc) is 3.42. The Kier molecular flexibility index (Phi) is 4.17. The number of aromatic nitrogens is 4. The second-order valence-corrected chi connectivity index (χ2v) is 8.10. The second kappa shape index (κ2) is 6.72. The molecular formula is C20H20N4O3S. The molecule has 0 spiro atoms. The third-order valence-corrected chi connectivity index (χ3v) is 6.27. The van der Waals surface area contributed by atoms with Crippen LogP contribution in [0, 0.1) is 6.92 Å². The van der Waals surface area contributed by atoms with Crippen molar-refractivity contribution in [3.05, 3.63) is 67.7 Å². The maximum atomic E-state index is 13.2. The minimum atomic E-state index is -0.234. The summed E-state index contributed by atoms with van der Waals surface area (Å²) in [6.45, 7) is 3.51. The summed E-state index contributed by atoms with van der Waals surface area (Å²) in [5.41, 5.74) is 2.41. The molecule has 0 bridgehead atoms. The van der Waals surface area contributed by atoms with Crippen molar-refractivity contribution < 1.29 is 4.74 Å². The van der Waals surface area contributed by atoms with E-state index in [0.29, 0.717) is 35.7 Å². The van der Waals surface area contributed by atoms with Gasteiger partial charge in [0, 0.05) is 6.61 Å². The minimum Gasteiger partial charge on any atom is -0.376 e. The van der Waals surface area contributed by atoms with Gasteiger partial charge in [0.1, 0.15) is 4.70 Å². The standard InChI is InChI=1S/C20H20N4O3S/c1-13-5-2-3-6-14(13)11-23-20(26)24-16-8-10-28-17(16)18(25)22(19(24)21-23)12-15-7-4-9-27-15/h2-3,5-6,8,10,15H,4,7,9,11-12H2,1H3/t15-/m1/s1. The van der Waals surface area contributed by atoms with E-state index in [0.717, 1.165) is 24.0 Å². The average molecular weight is 396 g/mol. The smallest absolute Gasteiger partial charge is 0.352 e. The summed E-state index contributed by atoms with van der Waals surface area (Å²) in [5, 5.41) is 6.40. The maximum absolute atomic E-state index is 13.2. The number of aryl methyl sites for hydroxylation is 1. The largest absolute Gasteiger partial charge is 0.376 e. The van der Waals surface area contributed by atoms with Crippen LogP contribution in [0.4, 0.5) is 0 Å². The van der Waals surface area contributed by atoms with Crippen LogP contribution in [0.25, 0.3) is 16.0 Å². The van der Waals surface area contributed by atoms with Crippen LogP contribution in [0.1, 0.15) is 24.0 Å². The highest BCUT2D eigenvalue weighted by Crippen LogP contribution is 2.20. The first-order chi connectivity index (χ1) is 13.6. The van der Waals surface area contributed by atoms with Crippen molar-refractivity contribution in [3.8, 4) is 0 Å². The van der Waals surface area contributed by atoms with E-state index in [1.165, 1.54) is 16.0 Å².